The summed E-state index contributed by atoms with van der Waals surface area (Å²) >= 11 is 0. The minimum atomic E-state index is -0.852. The van der Waals surface area contributed by atoms with Crippen LogP contribution in [0.3, 0.4) is 0 Å². The molecule has 1 unspecified atom stereocenters. The van der Waals surface area contributed by atoms with Crippen LogP contribution in [0.2, 0.25) is 0 Å². The number of carboxylic acid groups (broad SMARTS) is 1. The zero-order valence-corrected chi connectivity index (χ0v) is 8.72. The molecule has 0 radical (unpaired) electrons. The molecule has 1 fully saturated rings. The maximum absolute atomic E-state index is 11.7. The van der Waals surface area contributed by atoms with Crippen LogP contribution in [0.1, 0.15) is 6.42 Å². The predicted molar refractivity (Wildman–Crippen MR) is 52.4 cm³/mol. The van der Waals surface area contributed by atoms with Gasteiger partial charge in [-0.1, -0.05) is 0 Å². The van der Waals surface area contributed by atoms with Gasteiger partial charge in [0.25, 0.3) is 0 Å². The highest BCUT2D eigenvalue weighted by molar-refractivity contribution is 5.77. The number of rotatable bonds is 3. The van der Waals surface area contributed by atoms with Gasteiger partial charge < -0.3 is 20.0 Å². The van der Waals surface area contributed by atoms with Gasteiger partial charge in [0.15, 0.2) is 0 Å². The van der Waals surface area contributed by atoms with Crippen LogP contribution in [-0.4, -0.2) is 65.3 Å². The number of aliphatic carboxylic acids is 1. The topological polar surface area (TPSA) is 81.1 Å². The van der Waals surface area contributed by atoms with Crippen LogP contribution in [0.15, 0.2) is 0 Å². The van der Waals surface area contributed by atoms with E-state index in [2.05, 4.69) is 0 Å². The number of amides is 2. The Morgan fingerprint density at radius 3 is 2.67 bits per heavy atom. The van der Waals surface area contributed by atoms with Crippen LogP contribution < -0.4 is 0 Å². The van der Waals surface area contributed by atoms with Gasteiger partial charge in [0, 0.05) is 26.7 Å². The molecule has 0 aromatic rings. The van der Waals surface area contributed by atoms with Gasteiger partial charge in [0.2, 0.25) is 0 Å². The average Bonchev–Trinajstić information content (AvgIpc) is 2.65. The number of carbonyl (C=O) groups is 2. The molecule has 15 heavy (non-hydrogen) atoms. The largest absolute Gasteiger partial charge is 0.481 e. The highest BCUT2D eigenvalue weighted by Crippen LogP contribution is 2.17. The molecule has 0 spiro atoms. The first-order valence-electron chi connectivity index (χ1n) is 4.90. The summed E-state index contributed by atoms with van der Waals surface area (Å²) in [4.78, 5) is 25.2. The summed E-state index contributed by atoms with van der Waals surface area (Å²) in [6, 6.07) is -0.215. The van der Waals surface area contributed by atoms with Gasteiger partial charge in [-0.2, -0.15) is 0 Å². The van der Waals surface area contributed by atoms with Crippen molar-refractivity contribution in [1.29, 1.82) is 0 Å². The molecule has 1 aliphatic heterocycles. The van der Waals surface area contributed by atoms with E-state index in [1.54, 1.807) is 7.05 Å². The summed E-state index contributed by atoms with van der Waals surface area (Å²) in [5.41, 5.74) is 0. The second kappa shape index (κ2) is 4.97. The number of aliphatic hydroxyl groups excluding tert-OH is 1. The number of carbonyl (C=O) groups excluding carboxylic acids is 1. The van der Waals surface area contributed by atoms with Gasteiger partial charge in [-0.3, -0.25) is 4.79 Å². The molecule has 1 saturated heterocycles. The van der Waals surface area contributed by atoms with Crippen molar-refractivity contribution in [1.82, 2.24) is 9.80 Å². The Morgan fingerprint density at radius 1 is 1.53 bits per heavy atom. The van der Waals surface area contributed by atoms with Crippen molar-refractivity contribution in [2.45, 2.75) is 6.42 Å². The van der Waals surface area contributed by atoms with E-state index < -0.39 is 11.9 Å². The fourth-order valence-corrected chi connectivity index (χ4v) is 1.62. The Bertz CT molecular complexity index is 256. The summed E-state index contributed by atoms with van der Waals surface area (Å²) < 4.78 is 0. The lowest BCUT2D eigenvalue weighted by Gasteiger charge is -2.23. The summed E-state index contributed by atoms with van der Waals surface area (Å²) in [5.74, 6) is -1.30. The summed E-state index contributed by atoms with van der Waals surface area (Å²) in [5, 5.41) is 17.4. The van der Waals surface area contributed by atoms with E-state index in [4.69, 9.17) is 10.2 Å². The Morgan fingerprint density at radius 2 is 2.20 bits per heavy atom. The molecule has 2 amide bonds. The van der Waals surface area contributed by atoms with Crippen LogP contribution >= 0.6 is 0 Å². The van der Waals surface area contributed by atoms with Crippen molar-refractivity contribution in [2.75, 3.05) is 33.3 Å². The molecule has 2 N–H and O–H groups in total. The molecule has 0 aromatic heterocycles. The van der Waals surface area contributed by atoms with E-state index in [1.165, 1.54) is 9.80 Å². The smallest absolute Gasteiger partial charge is 0.319 e. The normalized spacial score (nSPS) is 20.4. The summed E-state index contributed by atoms with van der Waals surface area (Å²) in [6.07, 6.45) is 0.508. The molecular weight excluding hydrogens is 200 g/mol. The highest BCUT2D eigenvalue weighted by atomic mass is 16.4. The number of hydrogen-bond donors (Lipinski definition) is 2. The molecule has 6 heteroatoms. The van der Waals surface area contributed by atoms with Crippen LogP contribution in [0.4, 0.5) is 4.79 Å². The van der Waals surface area contributed by atoms with Gasteiger partial charge >= 0.3 is 12.0 Å². The minimum absolute atomic E-state index is 0.0849. The standard InChI is InChI=1S/C9H16N2O4/c1-10(4-5-12)9(15)11-3-2-7(6-11)8(13)14/h7,12H,2-6H2,1H3,(H,13,14). The lowest BCUT2D eigenvalue weighted by molar-refractivity contribution is -0.141. The maximum atomic E-state index is 11.7. The van der Waals surface area contributed by atoms with Gasteiger partial charge in [0.1, 0.15) is 0 Å². The monoisotopic (exact) mass is 216 g/mol. The van der Waals surface area contributed by atoms with Crippen LogP contribution in [0.5, 0.6) is 0 Å². The van der Waals surface area contributed by atoms with Crippen LogP contribution in [0.25, 0.3) is 0 Å². The van der Waals surface area contributed by atoms with Crippen molar-refractivity contribution in [2.24, 2.45) is 5.92 Å². The molecule has 0 saturated carbocycles. The molecule has 0 aromatic carbocycles. The second-order valence-electron chi connectivity index (χ2n) is 3.70. The van der Waals surface area contributed by atoms with E-state index in [0.717, 1.165) is 0 Å². The number of urea groups is 1. The quantitative estimate of drug-likeness (QED) is 0.662. The maximum Gasteiger partial charge on any atom is 0.319 e. The fourth-order valence-electron chi connectivity index (χ4n) is 1.62. The number of aliphatic hydroxyl groups is 1. The highest BCUT2D eigenvalue weighted by Gasteiger charge is 2.31. The number of likely N-dealkylation sites (N-methyl/N-ethyl adjacent to an activating group) is 1. The number of likely N-dealkylation sites (tertiary alicyclic amines) is 1. The Kier molecular flexibility index (Phi) is 3.90. The van der Waals surface area contributed by atoms with Crippen molar-refractivity contribution < 1.29 is 19.8 Å². The van der Waals surface area contributed by atoms with E-state index >= 15 is 0 Å². The first-order chi connectivity index (χ1) is 7.06. The minimum Gasteiger partial charge on any atom is -0.481 e. The zero-order chi connectivity index (χ0) is 11.4. The number of hydrogen-bond acceptors (Lipinski definition) is 3. The van der Waals surface area contributed by atoms with Crippen molar-refractivity contribution >= 4 is 12.0 Å². The first-order valence-corrected chi connectivity index (χ1v) is 4.90. The van der Waals surface area contributed by atoms with E-state index in [0.29, 0.717) is 13.0 Å². The molecule has 0 bridgehead atoms. The van der Waals surface area contributed by atoms with Crippen molar-refractivity contribution in [3.05, 3.63) is 0 Å². The average molecular weight is 216 g/mol. The van der Waals surface area contributed by atoms with E-state index in [1.807, 2.05) is 0 Å². The number of nitrogens with zero attached hydrogens (tertiary/aromatic N) is 2. The third-order valence-corrected chi connectivity index (χ3v) is 2.57. The molecular formula is C9H16N2O4. The van der Waals surface area contributed by atoms with E-state index in [-0.39, 0.29) is 25.7 Å². The van der Waals surface area contributed by atoms with E-state index in [9.17, 15) is 9.59 Å². The SMILES string of the molecule is CN(CCO)C(=O)N1CCC(C(=O)O)C1. The second-order valence-corrected chi connectivity index (χ2v) is 3.70. The predicted octanol–water partition coefficient (Wildman–Crippen LogP) is -0.563. The molecule has 1 heterocycles. The van der Waals surface area contributed by atoms with Crippen molar-refractivity contribution in [3.63, 3.8) is 0 Å². The van der Waals surface area contributed by atoms with Gasteiger partial charge in [-0.15, -0.1) is 0 Å². The lowest BCUT2D eigenvalue weighted by Crippen LogP contribution is -2.41. The van der Waals surface area contributed by atoms with Crippen molar-refractivity contribution in [3.8, 4) is 0 Å². The molecule has 86 valence electrons. The zero-order valence-electron chi connectivity index (χ0n) is 8.72. The molecule has 1 aliphatic rings. The summed E-state index contributed by atoms with van der Waals surface area (Å²) in [7, 11) is 1.59. The molecule has 1 rings (SSSR count). The lowest BCUT2D eigenvalue weighted by atomic mass is 10.1. The Balaban J connectivity index is 2.46. The third kappa shape index (κ3) is 2.82. The summed E-state index contributed by atoms with van der Waals surface area (Å²) in [6.45, 7) is 0.932. The van der Waals surface area contributed by atoms with Crippen LogP contribution in [0, 0.1) is 5.92 Å². The third-order valence-electron chi connectivity index (χ3n) is 2.57. The molecule has 1 atom stereocenters. The van der Waals surface area contributed by atoms with Gasteiger partial charge in [0.05, 0.1) is 12.5 Å². The number of carboxylic acids is 1. The van der Waals surface area contributed by atoms with Crippen LogP contribution in [-0.2, 0) is 4.79 Å². The first kappa shape index (κ1) is 11.8. The Labute approximate surface area is 88.1 Å². The van der Waals surface area contributed by atoms with Gasteiger partial charge in [-0.05, 0) is 6.42 Å². The molecule has 6 nitrogen and oxygen atoms in total. The Hall–Kier alpha value is -1.30. The fraction of sp³-hybridized carbons (Fsp3) is 0.778. The van der Waals surface area contributed by atoms with Gasteiger partial charge in [-0.25, -0.2) is 4.79 Å². The molecule has 0 aliphatic carbocycles.